The molecule has 3 aliphatic heterocycles. The minimum atomic E-state index is -1.43. The lowest BCUT2D eigenvalue weighted by Crippen LogP contribution is -2.63. The van der Waals surface area contributed by atoms with Crippen LogP contribution in [0.5, 0.6) is 17.2 Å². The number of rotatable bonds is 7. The van der Waals surface area contributed by atoms with E-state index in [1.807, 2.05) is 12.1 Å². The first-order chi connectivity index (χ1) is 20.7. The number of phenols is 1. The Labute approximate surface area is 249 Å². The van der Waals surface area contributed by atoms with Crippen LogP contribution in [0.15, 0.2) is 37.4 Å². The number of carbonyl (C=O) groups is 1. The third kappa shape index (κ3) is 4.90. The zero-order valence-electron chi connectivity index (χ0n) is 24.2. The van der Waals surface area contributed by atoms with Gasteiger partial charge in [0.1, 0.15) is 24.4 Å². The number of aliphatic hydroxyl groups is 2. The Balaban J connectivity index is 1.47. The maximum Gasteiger partial charge on any atom is 0.310 e. The highest BCUT2D eigenvalue weighted by Gasteiger charge is 2.55. The number of methoxy groups -OCH3 is 2. The van der Waals surface area contributed by atoms with Crippen molar-refractivity contribution in [2.24, 2.45) is 11.8 Å². The average Bonchev–Trinajstić information content (AvgIpc) is 3.40. The third-order valence-corrected chi connectivity index (χ3v) is 8.90. The Kier molecular flexibility index (Phi) is 7.97. The summed E-state index contributed by atoms with van der Waals surface area (Å²) >= 11 is 0. The first kappa shape index (κ1) is 29.6. The van der Waals surface area contributed by atoms with Crippen LogP contribution in [0.25, 0.3) is 12.2 Å². The van der Waals surface area contributed by atoms with E-state index in [9.17, 15) is 20.1 Å². The van der Waals surface area contributed by atoms with Gasteiger partial charge in [-0.1, -0.05) is 31.4 Å². The zero-order chi connectivity index (χ0) is 30.6. The van der Waals surface area contributed by atoms with Crippen LogP contribution in [0, 0.1) is 11.8 Å². The van der Waals surface area contributed by atoms with Gasteiger partial charge in [-0.25, -0.2) is 0 Å². The van der Waals surface area contributed by atoms with Gasteiger partial charge in [0.05, 0.1) is 39.5 Å². The maximum atomic E-state index is 13.4. The number of hydrogen-bond acceptors (Lipinski definition) is 11. The predicted molar refractivity (Wildman–Crippen MR) is 152 cm³/mol. The fourth-order valence-corrected chi connectivity index (χ4v) is 6.78. The van der Waals surface area contributed by atoms with Crippen LogP contribution >= 0.6 is 0 Å². The number of carbonyl (C=O) groups excluding carboxylic acids is 1. The lowest BCUT2D eigenvalue weighted by Gasteiger charge is -2.47. The van der Waals surface area contributed by atoms with Gasteiger partial charge in [0, 0.05) is 11.8 Å². The number of hydrogen-bond donors (Lipinski definition) is 3. The van der Waals surface area contributed by atoms with Crippen LogP contribution in [-0.4, -0.2) is 85.7 Å². The molecule has 2 aromatic rings. The van der Waals surface area contributed by atoms with Gasteiger partial charge in [-0.3, -0.25) is 4.79 Å². The summed E-state index contributed by atoms with van der Waals surface area (Å²) in [4.78, 5) is 13.4. The van der Waals surface area contributed by atoms with E-state index in [0.717, 1.165) is 22.3 Å². The van der Waals surface area contributed by atoms with E-state index in [1.54, 1.807) is 31.2 Å². The van der Waals surface area contributed by atoms with Crippen molar-refractivity contribution in [2.45, 2.75) is 55.9 Å². The highest BCUT2D eigenvalue weighted by molar-refractivity contribution is 5.79. The maximum absolute atomic E-state index is 13.4. The van der Waals surface area contributed by atoms with E-state index in [2.05, 4.69) is 13.2 Å². The summed E-state index contributed by atoms with van der Waals surface area (Å²) in [6, 6.07) is 7.22. The van der Waals surface area contributed by atoms with Crippen LogP contribution < -0.4 is 9.47 Å². The molecule has 11 heteroatoms. The topological polar surface area (TPSA) is 142 Å². The molecule has 3 N–H and O–H groups in total. The number of ether oxygens (including phenoxy) is 7. The molecule has 11 nitrogen and oxygen atoms in total. The number of esters is 1. The van der Waals surface area contributed by atoms with Crippen molar-refractivity contribution in [3.63, 3.8) is 0 Å². The number of phenolic OH excluding ortho intramolecular Hbond substituents is 1. The number of fused-ring (bicyclic) bond motifs is 3. The van der Waals surface area contributed by atoms with Crippen molar-refractivity contribution in [1.82, 2.24) is 0 Å². The lowest BCUT2D eigenvalue weighted by atomic mass is 9.65. The Morgan fingerprint density at radius 1 is 0.930 bits per heavy atom. The smallest absolute Gasteiger partial charge is 0.310 e. The molecule has 0 saturated carbocycles. The van der Waals surface area contributed by atoms with Crippen LogP contribution in [0.1, 0.15) is 46.8 Å². The van der Waals surface area contributed by atoms with E-state index in [4.69, 9.17) is 33.2 Å². The summed E-state index contributed by atoms with van der Waals surface area (Å²) in [5.74, 6) is -1.92. The Morgan fingerprint density at radius 2 is 1.58 bits per heavy atom. The van der Waals surface area contributed by atoms with Gasteiger partial charge < -0.3 is 48.5 Å². The van der Waals surface area contributed by atoms with Crippen molar-refractivity contribution in [2.75, 3.05) is 27.4 Å². The minimum absolute atomic E-state index is 0.0598. The second-order valence-electron chi connectivity index (χ2n) is 11.2. The molecule has 43 heavy (non-hydrogen) atoms. The van der Waals surface area contributed by atoms with E-state index in [0.29, 0.717) is 5.56 Å². The molecule has 230 valence electrons. The third-order valence-electron chi connectivity index (χ3n) is 8.90. The quantitative estimate of drug-likeness (QED) is 0.406. The minimum Gasteiger partial charge on any atom is -0.502 e. The Hall–Kier alpha value is -3.45. The molecule has 0 amide bonds. The second kappa shape index (κ2) is 11.6. The molecular formula is C32H36O11. The summed E-state index contributed by atoms with van der Waals surface area (Å²) in [5.41, 5.74) is 3.73. The summed E-state index contributed by atoms with van der Waals surface area (Å²) in [6.45, 7) is 9.84. The van der Waals surface area contributed by atoms with E-state index < -0.39 is 66.8 Å². The molecule has 3 saturated heterocycles. The molecule has 0 spiro atoms. The summed E-state index contributed by atoms with van der Waals surface area (Å²) in [6.07, 6.45) is -3.33. The van der Waals surface area contributed by atoms with E-state index in [-0.39, 0.29) is 30.5 Å². The average molecular weight is 597 g/mol. The first-order valence-corrected chi connectivity index (χ1v) is 14.2. The number of cyclic esters (lactones) is 1. The molecule has 0 aromatic heterocycles. The largest absolute Gasteiger partial charge is 0.502 e. The summed E-state index contributed by atoms with van der Waals surface area (Å²) in [5, 5.41) is 32.6. The van der Waals surface area contributed by atoms with E-state index in [1.165, 1.54) is 14.2 Å². The molecule has 4 aliphatic rings. The van der Waals surface area contributed by atoms with Gasteiger partial charge in [0.15, 0.2) is 24.1 Å². The molecule has 2 aromatic carbocycles. The second-order valence-corrected chi connectivity index (χ2v) is 11.2. The molecule has 0 radical (unpaired) electrons. The monoisotopic (exact) mass is 596 g/mol. The van der Waals surface area contributed by atoms with Crippen LogP contribution in [-0.2, 0) is 28.5 Å². The first-order valence-electron chi connectivity index (χ1n) is 14.2. The van der Waals surface area contributed by atoms with Gasteiger partial charge in [-0.05, 0) is 52.9 Å². The van der Waals surface area contributed by atoms with Crippen LogP contribution in [0.2, 0.25) is 0 Å². The Morgan fingerprint density at radius 3 is 2.21 bits per heavy atom. The highest BCUT2D eigenvalue weighted by atomic mass is 16.8. The molecule has 3 heterocycles. The SMILES string of the molecule is C=Cc1cc2c(cc1C=C)[C@@H](O[C@@H]1O[C@@H]3CO[C@@H](C)O[C@H]3[C@H](O)[C@H]1O)[C@H]1COC(=O)[C@@H]1[C@@H]2c1cc(OC)c(O)c(OC)c1. The number of aliphatic hydroxyl groups excluding tert-OH is 2. The normalized spacial score (nSPS) is 34.8. The van der Waals surface area contributed by atoms with Gasteiger partial charge >= 0.3 is 5.97 Å². The van der Waals surface area contributed by atoms with Gasteiger partial charge in [0.2, 0.25) is 5.75 Å². The molecule has 0 unspecified atom stereocenters. The molecule has 0 bridgehead atoms. The Bertz CT molecular complexity index is 1400. The lowest BCUT2D eigenvalue weighted by molar-refractivity contribution is -0.364. The molecular weight excluding hydrogens is 560 g/mol. The van der Waals surface area contributed by atoms with Gasteiger partial charge in [-0.2, -0.15) is 0 Å². The van der Waals surface area contributed by atoms with E-state index >= 15 is 0 Å². The van der Waals surface area contributed by atoms with Gasteiger partial charge in [-0.15, -0.1) is 0 Å². The van der Waals surface area contributed by atoms with Crippen LogP contribution in [0.3, 0.4) is 0 Å². The van der Waals surface area contributed by atoms with Crippen molar-refractivity contribution in [3.05, 3.63) is 65.2 Å². The molecule has 6 rings (SSSR count). The van der Waals surface area contributed by atoms with Crippen LogP contribution in [0.4, 0.5) is 0 Å². The van der Waals surface area contributed by atoms with Crippen molar-refractivity contribution in [1.29, 1.82) is 0 Å². The van der Waals surface area contributed by atoms with Crippen molar-refractivity contribution < 1.29 is 53.3 Å². The van der Waals surface area contributed by atoms with Crippen molar-refractivity contribution >= 4 is 18.1 Å². The van der Waals surface area contributed by atoms with Crippen molar-refractivity contribution in [3.8, 4) is 17.2 Å². The molecule has 3 fully saturated rings. The standard InChI is InChI=1S/C32H36O11/c1-6-15-8-18-19(9-16(15)7-2)29(43-32-28(35)27(34)30-23(42-32)13-39-14(3)41-30)20-12-40-31(36)25(20)24(18)17-10-21(37-4)26(33)22(11-17)38-5/h6-11,14,20,23-25,27-30,32-35H,1-2,12-13H2,3-5H3/t14-,20+,23-,24-,25+,27-,28-,29-,30-,32+/m1/s1. The zero-order valence-corrected chi connectivity index (χ0v) is 24.2. The predicted octanol–water partition coefficient (Wildman–Crippen LogP) is 2.90. The number of aromatic hydroxyl groups is 1. The van der Waals surface area contributed by atoms with Gasteiger partial charge in [0.25, 0.3) is 0 Å². The highest BCUT2D eigenvalue weighted by Crippen LogP contribution is 2.55. The fourth-order valence-electron chi connectivity index (χ4n) is 6.78. The summed E-state index contributed by atoms with van der Waals surface area (Å²) in [7, 11) is 2.88. The summed E-state index contributed by atoms with van der Waals surface area (Å²) < 4.78 is 40.3. The number of benzene rings is 2. The molecule has 1 aliphatic carbocycles. The molecule has 10 atom stereocenters. The fraction of sp³-hybridized carbons (Fsp3) is 0.469.